The second-order valence-corrected chi connectivity index (χ2v) is 7.88. The summed E-state index contributed by atoms with van der Waals surface area (Å²) in [6.45, 7) is 5.83. The Morgan fingerprint density at radius 3 is 2.67 bits per heavy atom. The summed E-state index contributed by atoms with van der Waals surface area (Å²) < 4.78 is 16.6. The van der Waals surface area contributed by atoms with Crippen molar-refractivity contribution in [3.05, 3.63) is 75.8 Å². The summed E-state index contributed by atoms with van der Waals surface area (Å²) in [5.74, 6) is -0.619. The predicted molar refractivity (Wildman–Crippen MR) is 106 cm³/mol. The molecule has 5 nitrogen and oxygen atoms in total. The van der Waals surface area contributed by atoms with Crippen molar-refractivity contribution in [2.75, 3.05) is 6.54 Å². The lowest BCUT2D eigenvalue weighted by molar-refractivity contribution is 0.0939. The number of amides is 1. The summed E-state index contributed by atoms with van der Waals surface area (Å²) in [5.41, 5.74) is 1.68. The molecule has 0 aliphatic heterocycles. The number of hydrogen-bond acceptors (Lipinski definition) is 3. The first-order valence-corrected chi connectivity index (χ1v) is 9.30. The molecule has 0 saturated carbocycles. The lowest BCUT2D eigenvalue weighted by atomic mass is 9.84. The quantitative estimate of drug-likeness (QED) is 0.659. The molecule has 1 N–H and O–H groups in total. The van der Waals surface area contributed by atoms with Gasteiger partial charge >= 0.3 is 0 Å². The van der Waals surface area contributed by atoms with Gasteiger partial charge in [0.2, 0.25) is 0 Å². The van der Waals surface area contributed by atoms with Gasteiger partial charge in [-0.15, -0.1) is 5.10 Å². The molecule has 0 unspecified atom stereocenters. The summed E-state index contributed by atoms with van der Waals surface area (Å²) in [4.78, 5) is 12.6. The van der Waals surface area contributed by atoms with E-state index in [4.69, 9.17) is 0 Å². The average Bonchev–Trinajstić information content (AvgIpc) is 3.01. The Hall–Kier alpha value is -2.54. The molecule has 3 aromatic rings. The number of benzene rings is 2. The molecule has 1 aromatic heterocycles. The van der Waals surface area contributed by atoms with Gasteiger partial charge in [-0.2, -0.15) is 0 Å². The highest BCUT2D eigenvalue weighted by Gasteiger charge is 2.26. The molecule has 7 heteroatoms. The maximum absolute atomic E-state index is 14.1. The Labute approximate surface area is 165 Å². The number of carbonyl (C=O) groups is 1. The molecule has 0 saturated heterocycles. The van der Waals surface area contributed by atoms with Gasteiger partial charge in [0.15, 0.2) is 5.69 Å². The molecular formula is C20H20BrFN4O. The van der Waals surface area contributed by atoms with Crippen LogP contribution < -0.4 is 5.32 Å². The number of halogens is 2. The van der Waals surface area contributed by atoms with Crippen molar-refractivity contribution in [3.63, 3.8) is 0 Å². The van der Waals surface area contributed by atoms with Crippen LogP contribution in [0.15, 0.2) is 53.0 Å². The SMILES string of the molecule is Cc1c(C(=O)NCC(C)(C)c2ccccc2F)nnn1-c1cccc(Br)c1. The van der Waals surface area contributed by atoms with Crippen molar-refractivity contribution in [2.45, 2.75) is 26.2 Å². The Balaban J connectivity index is 1.77. The lowest BCUT2D eigenvalue weighted by Gasteiger charge is -2.26. The number of carbonyl (C=O) groups excluding carboxylic acids is 1. The van der Waals surface area contributed by atoms with E-state index in [1.165, 1.54) is 6.07 Å². The molecule has 0 aliphatic carbocycles. The normalized spacial score (nSPS) is 11.4. The fourth-order valence-corrected chi connectivity index (χ4v) is 3.27. The minimum absolute atomic E-state index is 0.249. The number of nitrogens with one attached hydrogen (secondary N) is 1. The minimum atomic E-state index is -0.560. The van der Waals surface area contributed by atoms with E-state index in [1.807, 2.05) is 38.1 Å². The standard InChI is InChI=1S/C20H20BrFN4O/c1-13-18(24-25-26(13)15-8-6-7-14(21)11-15)19(27)23-12-20(2,3)16-9-4-5-10-17(16)22/h4-11H,12H2,1-3H3,(H,23,27). The highest BCUT2D eigenvalue weighted by molar-refractivity contribution is 9.10. The molecule has 27 heavy (non-hydrogen) atoms. The van der Waals surface area contributed by atoms with E-state index in [2.05, 4.69) is 31.6 Å². The topological polar surface area (TPSA) is 59.8 Å². The summed E-state index contributed by atoms with van der Waals surface area (Å²) in [6.07, 6.45) is 0. The molecule has 0 spiro atoms. The van der Waals surface area contributed by atoms with Crippen molar-refractivity contribution in [1.29, 1.82) is 0 Å². The predicted octanol–water partition coefficient (Wildman–Crippen LogP) is 4.18. The lowest BCUT2D eigenvalue weighted by Crippen LogP contribution is -2.37. The van der Waals surface area contributed by atoms with Crippen LogP contribution in [0.25, 0.3) is 5.69 Å². The summed E-state index contributed by atoms with van der Waals surface area (Å²) >= 11 is 3.42. The van der Waals surface area contributed by atoms with Gasteiger partial charge < -0.3 is 5.32 Å². The van der Waals surface area contributed by atoms with Gasteiger partial charge in [-0.3, -0.25) is 4.79 Å². The van der Waals surface area contributed by atoms with Crippen LogP contribution in [-0.2, 0) is 5.41 Å². The van der Waals surface area contributed by atoms with Gasteiger partial charge in [-0.1, -0.05) is 59.3 Å². The Morgan fingerprint density at radius 2 is 1.96 bits per heavy atom. The molecule has 1 amide bonds. The van der Waals surface area contributed by atoms with Crippen LogP contribution in [0.4, 0.5) is 4.39 Å². The minimum Gasteiger partial charge on any atom is -0.350 e. The van der Waals surface area contributed by atoms with E-state index in [0.717, 1.165) is 10.2 Å². The van der Waals surface area contributed by atoms with Crippen molar-refractivity contribution in [2.24, 2.45) is 0 Å². The highest BCUT2D eigenvalue weighted by Crippen LogP contribution is 2.25. The fraction of sp³-hybridized carbons (Fsp3) is 0.250. The molecule has 3 rings (SSSR count). The van der Waals surface area contributed by atoms with Crippen molar-refractivity contribution in [3.8, 4) is 5.69 Å². The summed E-state index contributed by atoms with van der Waals surface area (Å²) in [7, 11) is 0. The van der Waals surface area contributed by atoms with Gasteiger partial charge in [-0.25, -0.2) is 9.07 Å². The van der Waals surface area contributed by atoms with Gasteiger partial charge in [0, 0.05) is 16.4 Å². The van der Waals surface area contributed by atoms with E-state index < -0.39 is 5.41 Å². The van der Waals surface area contributed by atoms with E-state index in [9.17, 15) is 9.18 Å². The van der Waals surface area contributed by atoms with E-state index >= 15 is 0 Å². The molecule has 140 valence electrons. The molecule has 0 atom stereocenters. The monoisotopic (exact) mass is 430 g/mol. The smallest absolute Gasteiger partial charge is 0.273 e. The van der Waals surface area contributed by atoms with Crippen molar-refractivity contribution < 1.29 is 9.18 Å². The third-order valence-corrected chi connectivity index (χ3v) is 4.95. The first kappa shape index (κ1) is 19.2. The average molecular weight is 431 g/mol. The van der Waals surface area contributed by atoms with Gasteiger partial charge in [0.1, 0.15) is 5.82 Å². The highest BCUT2D eigenvalue weighted by atomic mass is 79.9. The van der Waals surface area contributed by atoms with Crippen LogP contribution in [0.3, 0.4) is 0 Å². The van der Waals surface area contributed by atoms with Gasteiger partial charge in [0.25, 0.3) is 5.91 Å². The Bertz CT molecular complexity index is 984. The Kier molecular flexibility index (Phi) is 5.41. The molecular weight excluding hydrogens is 411 g/mol. The van der Waals surface area contributed by atoms with Crippen LogP contribution in [0.5, 0.6) is 0 Å². The number of nitrogens with zero attached hydrogens (tertiary/aromatic N) is 3. The third kappa shape index (κ3) is 4.08. The van der Waals surface area contributed by atoms with E-state index in [0.29, 0.717) is 11.3 Å². The van der Waals surface area contributed by atoms with Crippen LogP contribution in [0.2, 0.25) is 0 Å². The van der Waals surface area contributed by atoms with Gasteiger partial charge in [0.05, 0.1) is 11.4 Å². The third-order valence-electron chi connectivity index (χ3n) is 4.46. The van der Waals surface area contributed by atoms with Crippen molar-refractivity contribution in [1.82, 2.24) is 20.3 Å². The van der Waals surface area contributed by atoms with Crippen LogP contribution in [0, 0.1) is 12.7 Å². The first-order valence-electron chi connectivity index (χ1n) is 8.51. The second kappa shape index (κ2) is 7.60. The van der Waals surface area contributed by atoms with Crippen LogP contribution in [-0.4, -0.2) is 27.4 Å². The Morgan fingerprint density at radius 1 is 1.22 bits per heavy atom. The molecule has 2 aromatic carbocycles. The zero-order valence-corrected chi connectivity index (χ0v) is 16.9. The number of aromatic nitrogens is 3. The molecule has 0 fully saturated rings. The zero-order chi connectivity index (χ0) is 19.6. The molecule has 1 heterocycles. The number of hydrogen-bond donors (Lipinski definition) is 1. The maximum atomic E-state index is 14.1. The van der Waals surface area contributed by atoms with Crippen LogP contribution in [0.1, 0.15) is 35.6 Å². The van der Waals surface area contributed by atoms with Gasteiger partial charge in [-0.05, 0) is 36.8 Å². The summed E-state index contributed by atoms with van der Waals surface area (Å²) in [6, 6.07) is 14.2. The number of rotatable bonds is 5. The van der Waals surface area contributed by atoms with E-state index in [-0.39, 0.29) is 24.0 Å². The molecule has 0 aliphatic rings. The zero-order valence-electron chi connectivity index (χ0n) is 15.3. The fourth-order valence-electron chi connectivity index (χ4n) is 2.88. The van der Waals surface area contributed by atoms with E-state index in [1.54, 1.807) is 29.8 Å². The molecule has 0 radical (unpaired) electrons. The largest absolute Gasteiger partial charge is 0.350 e. The molecule has 0 bridgehead atoms. The first-order chi connectivity index (χ1) is 12.8. The second-order valence-electron chi connectivity index (χ2n) is 6.96. The van der Waals surface area contributed by atoms with Crippen LogP contribution >= 0.6 is 15.9 Å². The summed E-state index contributed by atoms with van der Waals surface area (Å²) in [5, 5.41) is 11.0. The maximum Gasteiger partial charge on any atom is 0.273 e. The van der Waals surface area contributed by atoms with Crippen molar-refractivity contribution >= 4 is 21.8 Å².